The summed E-state index contributed by atoms with van der Waals surface area (Å²) >= 11 is 0. The molecule has 100 valence electrons. The Kier molecular flexibility index (Phi) is 3.35. The highest BCUT2D eigenvalue weighted by atomic mass is 16.5. The Balaban J connectivity index is 1.84. The highest BCUT2D eigenvalue weighted by Crippen LogP contribution is 2.34. The van der Waals surface area contributed by atoms with Crippen molar-refractivity contribution in [2.75, 3.05) is 13.7 Å². The van der Waals surface area contributed by atoms with Gasteiger partial charge in [-0.2, -0.15) is 0 Å². The second-order valence-electron chi connectivity index (χ2n) is 5.47. The fourth-order valence-corrected chi connectivity index (χ4v) is 3.32. The predicted octanol–water partition coefficient (Wildman–Crippen LogP) is 1.75. The summed E-state index contributed by atoms with van der Waals surface area (Å²) in [5, 5.41) is 12.2. The normalized spacial score (nSPS) is 29.2. The first-order valence-electron chi connectivity index (χ1n) is 6.97. The van der Waals surface area contributed by atoms with Crippen molar-refractivity contribution < 1.29 is 4.74 Å². The fraction of sp³-hybridized carbons (Fsp3) is 0.846. The van der Waals surface area contributed by atoms with Crippen LogP contribution in [-0.2, 0) is 4.74 Å². The van der Waals surface area contributed by atoms with Gasteiger partial charge >= 0.3 is 0 Å². The number of nitrogens with one attached hydrogen (secondary N) is 1. The van der Waals surface area contributed by atoms with Crippen molar-refractivity contribution >= 4 is 0 Å². The Bertz CT molecular complexity index is 411. The quantitative estimate of drug-likeness (QED) is 0.888. The van der Waals surface area contributed by atoms with Gasteiger partial charge in [0.1, 0.15) is 5.82 Å². The molecule has 0 bridgehead atoms. The van der Waals surface area contributed by atoms with Crippen LogP contribution in [0.3, 0.4) is 0 Å². The van der Waals surface area contributed by atoms with Gasteiger partial charge in [-0.15, -0.1) is 10.2 Å². The van der Waals surface area contributed by atoms with Crippen LogP contribution < -0.4 is 5.32 Å². The second-order valence-corrected chi connectivity index (χ2v) is 5.47. The van der Waals surface area contributed by atoms with E-state index >= 15 is 0 Å². The summed E-state index contributed by atoms with van der Waals surface area (Å²) in [6, 6.07) is 0.912. The van der Waals surface area contributed by atoms with E-state index in [9.17, 15) is 0 Å². The molecule has 1 aliphatic heterocycles. The van der Waals surface area contributed by atoms with E-state index in [2.05, 4.69) is 27.0 Å². The molecule has 2 heterocycles. The van der Waals surface area contributed by atoms with Crippen LogP contribution in [0.4, 0.5) is 0 Å². The molecule has 0 amide bonds. The minimum atomic E-state index is 0.303. The molecule has 1 N–H and O–H groups in total. The molecule has 5 heteroatoms. The van der Waals surface area contributed by atoms with Gasteiger partial charge in [0.25, 0.3) is 0 Å². The minimum absolute atomic E-state index is 0.303. The van der Waals surface area contributed by atoms with E-state index in [1.807, 2.05) is 0 Å². The van der Waals surface area contributed by atoms with Crippen LogP contribution in [0.25, 0.3) is 0 Å². The largest absolute Gasteiger partial charge is 0.380 e. The Morgan fingerprint density at radius 1 is 1.28 bits per heavy atom. The monoisotopic (exact) mass is 250 g/mol. The van der Waals surface area contributed by atoms with Crippen molar-refractivity contribution in [3.05, 3.63) is 11.6 Å². The van der Waals surface area contributed by atoms with Crippen molar-refractivity contribution in [3.63, 3.8) is 0 Å². The van der Waals surface area contributed by atoms with Crippen LogP contribution in [0.5, 0.6) is 0 Å². The number of aryl methyl sites for hydroxylation is 1. The van der Waals surface area contributed by atoms with E-state index in [-0.39, 0.29) is 0 Å². The molecule has 1 saturated carbocycles. The average Bonchev–Trinajstić information content (AvgIpc) is 3.07. The van der Waals surface area contributed by atoms with Crippen molar-refractivity contribution in [1.82, 2.24) is 20.1 Å². The molecule has 0 aromatic carbocycles. The highest BCUT2D eigenvalue weighted by Gasteiger charge is 2.31. The van der Waals surface area contributed by atoms with Crippen molar-refractivity contribution in [2.24, 2.45) is 0 Å². The van der Waals surface area contributed by atoms with E-state index in [1.54, 1.807) is 7.11 Å². The van der Waals surface area contributed by atoms with Gasteiger partial charge in [-0.05, 0) is 26.2 Å². The van der Waals surface area contributed by atoms with Gasteiger partial charge in [-0.25, -0.2) is 0 Å². The lowest BCUT2D eigenvalue weighted by Crippen LogP contribution is -2.21. The maximum Gasteiger partial charge on any atom is 0.150 e. The first-order valence-corrected chi connectivity index (χ1v) is 6.97. The van der Waals surface area contributed by atoms with Crippen LogP contribution in [0.2, 0.25) is 0 Å². The summed E-state index contributed by atoms with van der Waals surface area (Å²) in [4.78, 5) is 0. The van der Waals surface area contributed by atoms with Gasteiger partial charge < -0.3 is 14.6 Å². The van der Waals surface area contributed by atoms with Gasteiger partial charge in [-0.1, -0.05) is 12.8 Å². The van der Waals surface area contributed by atoms with Gasteiger partial charge in [-0.3, -0.25) is 0 Å². The third kappa shape index (κ3) is 2.06. The van der Waals surface area contributed by atoms with Gasteiger partial charge in [0.15, 0.2) is 5.82 Å². The van der Waals surface area contributed by atoms with Gasteiger partial charge in [0.2, 0.25) is 0 Å². The van der Waals surface area contributed by atoms with E-state index in [0.29, 0.717) is 18.2 Å². The van der Waals surface area contributed by atoms with Gasteiger partial charge in [0.05, 0.1) is 12.1 Å². The molecule has 18 heavy (non-hydrogen) atoms. The summed E-state index contributed by atoms with van der Waals surface area (Å²) in [5.74, 6) is 2.17. The molecule has 1 aromatic heterocycles. The van der Waals surface area contributed by atoms with E-state index in [0.717, 1.165) is 24.6 Å². The molecule has 2 fully saturated rings. The molecule has 5 nitrogen and oxygen atoms in total. The number of hydrogen-bond acceptors (Lipinski definition) is 4. The Hall–Kier alpha value is -0.940. The third-order valence-corrected chi connectivity index (χ3v) is 4.32. The lowest BCUT2D eigenvalue weighted by atomic mass is 10.1. The third-order valence-electron chi connectivity index (χ3n) is 4.32. The Morgan fingerprint density at radius 2 is 2.06 bits per heavy atom. The lowest BCUT2D eigenvalue weighted by molar-refractivity contribution is 0.117. The number of nitrogens with zero attached hydrogens (tertiary/aromatic N) is 3. The highest BCUT2D eigenvalue weighted by molar-refractivity contribution is 5.06. The molecule has 1 saturated heterocycles. The predicted molar refractivity (Wildman–Crippen MR) is 68.4 cm³/mol. The molecule has 1 aliphatic carbocycles. The zero-order valence-electron chi connectivity index (χ0n) is 11.2. The molecule has 2 unspecified atom stereocenters. The second kappa shape index (κ2) is 4.97. The first kappa shape index (κ1) is 12.1. The summed E-state index contributed by atoms with van der Waals surface area (Å²) < 4.78 is 7.78. The van der Waals surface area contributed by atoms with Crippen LogP contribution in [0.1, 0.15) is 55.8 Å². The molecule has 0 radical (unpaired) electrons. The maximum atomic E-state index is 5.42. The number of methoxy groups -OCH3 is 1. The number of aromatic nitrogens is 3. The molecular formula is C13H22N4O. The number of rotatable bonds is 3. The Labute approximate surface area is 108 Å². The minimum Gasteiger partial charge on any atom is -0.380 e. The van der Waals surface area contributed by atoms with Crippen LogP contribution in [0, 0.1) is 6.92 Å². The van der Waals surface area contributed by atoms with Crippen molar-refractivity contribution in [2.45, 2.75) is 57.2 Å². The number of hydrogen-bond donors (Lipinski definition) is 1. The standard InChI is InChI=1S/C13H22N4O/c1-9-15-16-13(12-7-11(18-2)8-14-12)17(9)10-5-3-4-6-10/h10-12,14H,3-8H2,1-2H3. The van der Waals surface area contributed by atoms with Crippen molar-refractivity contribution in [1.29, 1.82) is 0 Å². The fourth-order valence-electron chi connectivity index (χ4n) is 3.32. The Morgan fingerprint density at radius 3 is 2.72 bits per heavy atom. The zero-order chi connectivity index (χ0) is 12.5. The molecular weight excluding hydrogens is 228 g/mol. The summed E-state index contributed by atoms with van der Waals surface area (Å²) in [7, 11) is 1.78. The van der Waals surface area contributed by atoms with Crippen LogP contribution in [-0.4, -0.2) is 34.5 Å². The molecule has 3 rings (SSSR count). The molecule has 0 spiro atoms. The molecule has 2 atom stereocenters. The lowest BCUT2D eigenvalue weighted by Gasteiger charge is -2.19. The zero-order valence-corrected chi connectivity index (χ0v) is 11.2. The smallest absolute Gasteiger partial charge is 0.150 e. The average molecular weight is 250 g/mol. The van der Waals surface area contributed by atoms with E-state index in [1.165, 1.54) is 25.7 Å². The van der Waals surface area contributed by atoms with Crippen LogP contribution >= 0.6 is 0 Å². The topological polar surface area (TPSA) is 52.0 Å². The SMILES string of the molecule is COC1CNC(c2nnc(C)n2C2CCCC2)C1. The van der Waals surface area contributed by atoms with Gasteiger partial charge in [0, 0.05) is 19.7 Å². The van der Waals surface area contributed by atoms with E-state index in [4.69, 9.17) is 4.74 Å². The summed E-state index contributed by atoms with van der Waals surface area (Å²) in [6.45, 7) is 2.98. The van der Waals surface area contributed by atoms with Crippen LogP contribution in [0.15, 0.2) is 0 Å². The maximum absolute atomic E-state index is 5.42. The number of ether oxygens (including phenoxy) is 1. The molecule has 2 aliphatic rings. The first-order chi connectivity index (χ1) is 8.79. The van der Waals surface area contributed by atoms with E-state index < -0.39 is 0 Å². The summed E-state index contributed by atoms with van der Waals surface area (Å²) in [6.07, 6.45) is 6.52. The molecule has 1 aromatic rings. The summed E-state index contributed by atoms with van der Waals surface area (Å²) in [5.41, 5.74) is 0. The van der Waals surface area contributed by atoms with Crippen molar-refractivity contribution in [3.8, 4) is 0 Å².